The summed E-state index contributed by atoms with van der Waals surface area (Å²) in [6.45, 7) is 1.40. The number of rotatable bonds is 4. The highest BCUT2D eigenvalue weighted by atomic mass is 16.5. The van der Waals surface area contributed by atoms with Crippen molar-refractivity contribution in [3.05, 3.63) is 23.9 Å². The molecule has 19 heavy (non-hydrogen) atoms. The molecule has 2 N–H and O–H groups in total. The molecule has 0 aliphatic heterocycles. The molecule has 0 fully saturated rings. The maximum atomic E-state index is 11.1. The molecule has 0 aliphatic carbocycles. The second-order valence-electron chi connectivity index (χ2n) is 4.14. The number of nitrogens with one attached hydrogen (secondary N) is 1. The van der Waals surface area contributed by atoms with Crippen LogP contribution in [0.5, 0.6) is 11.5 Å². The molecular formula is C13H16N2O4. The van der Waals surface area contributed by atoms with Crippen LogP contribution in [0.1, 0.15) is 12.5 Å². The number of hydroxylamine groups is 2. The highest BCUT2D eigenvalue weighted by Crippen LogP contribution is 2.33. The molecule has 0 radical (unpaired) electrons. The number of carbonyl (C=O) groups excluding carboxylic acids is 1. The Bertz CT molecular complexity index is 606. The molecule has 0 unspecified atom stereocenters. The summed E-state index contributed by atoms with van der Waals surface area (Å²) in [5, 5.41) is 11.0. The van der Waals surface area contributed by atoms with E-state index in [1.165, 1.54) is 6.92 Å². The number of methoxy groups -OCH3 is 2. The van der Waals surface area contributed by atoms with E-state index in [2.05, 4.69) is 4.98 Å². The van der Waals surface area contributed by atoms with Gasteiger partial charge < -0.3 is 14.5 Å². The van der Waals surface area contributed by atoms with Gasteiger partial charge in [-0.3, -0.25) is 10.0 Å². The number of H-pyrrole nitrogens is 1. The Morgan fingerprint density at radius 1 is 1.37 bits per heavy atom. The Morgan fingerprint density at radius 2 is 2.11 bits per heavy atom. The Balaban J connectivity index is 2.49. The Kier molecular flexibility index (Phi) is 3.62. The highest BCUT2D eigenvalue weighted by molar-refractivity contribution is 5.91. The molecule has 6 nitrogen and oxygen atoms in total. The van der Waals surface area contributed by atoms with Crippen molar-refractivity contribution >= 4 is 16.8 Å². The number of hydrogen-bond donors (Lipinski definition) is 2. The number of carbonyl (C=O) groups is 1. The summed E-state index contributed by atoms with van der Waals surface area (Å²) < 4.78 is 10.5. The molecule has 0 bridgehead atoms. The second-order valence-corrected chi connectivity index (χ2v) is 4.14. The fourth-order valence-corrected chi connectivity index (χ4v) is 1.95. The van der Waals surface area contributed by atoms with E-state index in [9.17, 15) is 10.0 Å². The summed E-state index contributed by atoms with van der Waals surface area (Å²) in [6.07, 6.45) is 1.73. The molecule has 1 amide bonds. The first-order valence-electron chi connectivity index (χ1n) is 5.75. The van der Waals surface area contributed by atoms with E-state index in [1.54, 1.807) is 26.5 Å². The first kappa shape index (κ1) is 13.2. The molecule has 1 heterocycles. The number of ether oxygens (including phenoxy) is 2. The summed E-state index contributed by atoms with van der Waals surface area (Å²) in [5.74, 6) is 0.884. The number of nitrogens with zero attached hydrogens (tertiary/aromatic N) is 1. The number of amides is 1. The van der Waals surface area contributed by atoms with E-state index < -0.39 is 5.91 Å². The molecule has 0 saturated heterocycles. The molecule has 2 aromatic rings. The van der Waals surface area contributed by atoms with Crippen molar-refractivity contribution in [2.24, 2.45) is 0 Å². The number of benzene rings is 1. The van der Waals surface area contributed by atoms with Gasteiger partial charge in [-0.05, 0) is 0 Å². The van der Waals surface area contributed by atoms with Crippen LogP contribution >= 0.6 is 0 Å². The van der Waals surface area contributed by atoms with E-state index in [1.807, 2.05) is 6.07 Å². The van der Waals surface area contributed by atoms with Crippen LogP contribution in [0, 0.1) is 0 Å². The van der Waals surface area contributed by atoms with Crippen LogP contribution in [-0.2, 0) is 11.3 Å². The van der Waals surface area contributed by atoms with Crippen LogP contribution < -0.4 is 9.47 Å². The molecule has 0 spiro atoms. The highest BCUT2D eigenvalue weighted by Gasteiger charge is 2.15. The summed E-state index contributed by atoms with van der Waals surface area (Å²) >= 11 is 0. The van der Waals surface area contributed by atoms with Crippen molar-refractivity contribution in [3.8, 4) is 11.5 Å². The monoisotopic (exact) mass is 264 g/mol. The van der Waals surface area contributed by atoms with Gasteiger partial charge in [0, 0.05) is 36.2 Å². The first-order chi connectivity index (χ1) is 9.06. The Morgan fingerprint density at radius 3 is 2.68 bits per heavy atom. The molecule has 2 rings (SSSR count). The summed E-state index contributed by atoms with van der Waals surface area (Å²) in [7, 11) is 3.14. The van der Waals surface area contributed by atoms with Gasteiger partial charge in [-0.1, -0.05) is 0 Å². The van der Waals surface area contributed by atoms with Crippen molar-refractivity contribution in [2.45, 2.75) is 13.5 Å². The SMILES string of the molecule is COc1cc(OC)c2c(CN(O)C(C)=O)c[nH]c2c1. The fourth-order valence-electron chi connectivity index (χ4n) is 1.95. The van der Waals surface area contributed by atoms with Crippen LogP contribution in [0.15, 0.2) is 18.3 Å². The summed E-state index contributed by atoms with van der Waals surface area (Å²) in [6, 6.07) is 3.59. The lowest BCUT2D eigenvalue weighted by molar-refractivity contribution is -0.165. The van der Waals surface area contributed by atoms with Crippen molar-refractivity contribution < 1.29 is 19.5 Å². The maximum Gasteiger partial charge on any atom is 0.243 e. The zero-order valence-electron chi connectivity index (χ0n) is 11.1. The smallest absolute Gasteiger partial charge is 0.243 e. The van der Waals surface area contributed by atoms with Crippen LogP contribution in [0.4, 0.5) is 0 Å². The molecule has 0 aliphatic rings. The fraction of sp³-hybridized carbons (Fsp3) is 0.308. The molecule has 1 aromatic heterocycles. The summed E-state index contributed by atoms with van der Waals surface area (Å²) in [4.78, 5) is 14.1. The standard InChI is InChI=1S/C13H16N2O4/c1-8(16)15(17)7-9-6-14-11-4-10(18-2)5-12(19-3)13(9)11/h4-6,14,17H,7H2,1-3H3. The number of fused-ring (bicyclic) bond motifs is 1. The average molecular weight is 264 g/mol. The quantitative estimate of drug-likeness (QED) is 0.653. The third-order valence-corrected chi connectivity index (χ3v) is 2.94. The predicted octanol–water partition coefficient (Wildman–Crippen LogP) is 1.92. The topological polar surface area (TPSA) is 74.8 Å². The zero-order chi connectivity index (χ0) is 14.0. The molecule has 0 saturated carbocycles. The molecular weight excluding hydrogens is 248 g/mol. The first-order valence-corrected chi connectivity index (χ1v) is 5.75. The van der Waals surface area contributed by atoms with Crippen LogP contribution in [0.3, 0.4) is 0 Å². The second kappa shape index (κ2) is 5.19. The summed E-state index contributed by atoms with van der Waals surface area (Å²) in [5.41, 5.74) is 1.59. The third kappa shape index (κ3) is 2.48. The molecule has 1 aromatic carbocycles. The minimum Gasteiger partial charge on any atom is -0.497 e. The lowest BCUT2D eigenvalue weighted by atomic mass is 10.1. The lowest BCUT2D eigenvalue weighted by Crippen LogP contribution is -2.23. The average Bonchev–Trinajstić information content (AvgIpc) is 2.80. The van der Waals surface area contributed by atoms with Crippen molar-refractivity contribution in [1.29, 1.82) is 0 Å². The van der Waals surface area contributed by atoms with E-state index in [0.29, 0.717) is 16.6 Å². The van der Waals surface area contributed by atoms with Gasteiger partial charge in [-0.15, -0.1) is 0 Å². The van der Waals surface area contributed by atoms with Gasteiger partial charge in [0.05, 0.1) is 26.3 Å². The van der Waals surface area contributed by atoms with Gasteiger partial charge in [-0.25, -0.2) is 5.06 Å². The largest absolute Gasteiger partial charge is 0.497 e. The van der Waals surface area contributed by atoms with Crippen LogP contribution in [0.25, 0.3) is 10.9 Å². The zero-order valence-corrected chi connectivity index (χ0v) is 11.1. The number of hydrogen-bond acceptors (Lipinski definition) is 4. The van der Waals surface area contributed by atoms with Crippen molar-refractivity contribution in [3.63, 3.8) is 0 Å². The number of aromatic amines is 1. The van der Waals surface area contributed by atoms with Crippen molar-refractivity contribution in [1.82, 2.24) is 10.0 Å². The van der Waals surface area contributed by atoms with E-state index in [-0.39, 0.29) is 6.54 Å². The van der Waals surface area contributed by atoms with E-state index in [0.717, 1.165) is 16.5 Å². The van der Waals surface area contributed by atoms with Gasteiger partial charge in [0.15, 0.2) is 0 Å². The van der Waals surface area contributed by atoms with Gasteiger partial charge in [0.1, 0.15) is 11.5 Å². The normalized spacial score (nSPS) is 10.5. The van der Waals surface area contributed by atoms with Gasteiger partial charge in [-0.2, -0.15) is 0 Å². The molecule has 0 atom stereocenters. The minimum atomic E-state index is -0.415. The Labute approximate surface area is 110 Å². The van der Waals surface area contributed by atoms with E-state index >= 15 is 0 Å². The lowest BCUT2D eigenvalue weighted by Gasteiger charge is -2.13. The number of aromatic nitrogens is 1. The van der Waals surface area contributed by atoms with Crippen molar-refractivity contribution in [2.75, 3.05) is 14.2 Å². The van der Waals surface area contributed by atoms with Gasteiger partial charge in [0.25, 0.3) is 0 Å². The Hall–Kier alpha value is -2.21. The third-order valence-electron chi connectivity index (χ3n) is 2.94. The van der Waals surface area contributed by atoms with Crippen LogP contribution in [-0.4, -0.2) is 35.4 Å². The minimum absolute atomic E-state index is 0.0953. The van der Waals surface area contributed by atoms with Crippen LogP contribution in [0.2, 0.25) is 0 Å². The van der Waals surface area contributed by atoms with Gasteiger partial charge in [0.2, 0.25) is 5.91 Å². The molecule has 102 valence electrons. The maximum absolute atomic E-state index is 11.1. The molecule has 6 heteroatoms. The van der Waals surface area contributed by atoms with E-state index in [4.69, 9.17) is 9.47 Å². The predicted molar refractivity (Wildman–Crippen MR) is 69.4 cm³/mol. The van der Waals surface area contributed by atoms with Gasteiger partial charge >= 0.3 is 0 Å².